The van der Waals surface area contributed by atoms with E-state index in [0.717, 1.165) is 36.8 Å². The molecule has 2 aliphatic rings. The zero-order valence-electron chi connectivity index (χ0n) is 13.6. The normalized spacial score (nSPS) is 23.2. The molecule has 0 aliphatic carbocycles. The second-order valence-corrected chi connectivity index (χ2v) is 9.49. The van der Waals surface area contributed by atoms with Gasteiger partial charge in [0.1, 0.15) is 11.6 Å². The van der Waals surface area contributed by atoms with Crippen LogP contribution in [0, 0.1) is 11.7 Å². The van der Waals surface area contributed by atoms with Crippen LogP contribution in [0.3, 0.4) is 0 Å². The van der Waals surface area contributed by atoms with Crippen molar-refractivity contribution >= 4 is 45.0 Å². The summed E-state index contributed by atoms with van der Waals surface area (Å²) in [4.78, 5) is 28.6. The Hall–Kier alpha value is -1.90. The smallest absolute Gasteiger partial charge is 0.316 e. The average molecular weight is 464 g/mol. The van der Waals surface area contributed by atoms with Crippen molar-refractivity contribution in [1.29, 1.82) is 0 Å². The molecule has 8 heteroatoms. The number of hydrogen-bond donors (Lipinski definition) is 1. The summed E-state index contributed by atoms with van der Waals surface area (Å²) in [5.41, 5.74) is 1.70. The minimum Gasteiger partial charge on any atom is -0.426 e. The van der Waals surface area contributed by atoms with E-state index in [1.54, 1.807) is 18.2 Å². The highest BCUT2D eigenvalue weighted by molar-refractivity contribution is 9.10. The minimum atomic E-state index is -0.499. The van der Waals surface area contributed by atoms with Gasteiger partial charge in [0.2, 0.25) is 0 Å². The van der Waals surface area contributed by atoms with Gasteiger partial charge < -0.3 is 9.72 Å². The third-order valence-electron chi connectivity index (χ3n) is 4.84. The Morgan fingerprint density at radius 3 is 2.67 bits per heavy atom. The van der Waals surface area contributed by atoms with E-state index in [9.17, 15) is 14.0 Å². The number of rotatable bonds is 1. The van der Waals surface area contributed by atoms with E-state index in [4.69, 9.17) is 4.74 Å². The van der Waals surface area contributed by atoms with Crippen LogP contribution < -0.4 is 9.61 Å². The summed E-state index contributed by atoms with van der Waals surface area (Å²) in [6.45, 7) is 0. The maximum Gasteiger partial charge on any atom is 0.316 e. The number of ether oxygens (including phenoxy) is 1. The van der Waals surface area contributed by atoms with E-state index < -0.39 is 5.92 Å². The number of benzene rings is 2. The average Bonchev–Trinajstić information content (AvgIpc) is 3.02. The summed E-state index contributed by atoms with van der Waals surface area (Å²) < 4.78 is 19.9. The lowest BCUT2D eigenvalue weighted by Gasteiger charge is -2.39. The molecule has 0 saturated carbocycles. The summed E-state index contributed by atoms with van der Waals surface area (Å²) in [6, 6.07) is 11.7. The van der Waals surface area contributed by atoms with Crippen LogP contribution in [0.25, 0.3) is 0 Å². The Morgan fingerprint density at radius 2 is 1.89 bits per heavy atom. The molecule has 4 nitrogen and oxygen atoms in total. The molecule has 1 N–H and O–H groups in total. The SMILES string of the molecule is O=C1Oc2ccc(Br)cc2[C@H]2c3sc(=O)[nH]c3S[C@H](c3ccc(F)cc3)[C@H]12. The molecule has 136 valence electrons. The molecular formula is C19H11BrFNO3S2. The number of H-pyrrole nitrogens is 1. The summed E-state index contributed by atoms with van der Waals surface area (Å²) in [6.07, 6.45) is 0. The predicted octanol–water partition coefficient (Wildman–Crippen LogP) is 4.85. The second-order valence-electron chi connectivity index (χ2n) is 6.40. The van der Waals surface area contributed by atoms with E-state index >= 15 is 0 Å². The number of carbonyl (C=O) groups is 1. The van der Waals surface area contributed by atoms with Crippen LogP contribution in [0.4, 0.5) is 4.39 Å². The van der Waals surface area contributed by atoms with Gasteiger partial charge in [-0.3, -0.25) is 9.59 Å². The first-order chi connectivity index (χ1) is 13.0. The third-order valence-corrected chi connectivity index (χ3v) is 7.81. The molecule has 5 rings (SSSR count). The maximum atomic E-state index is 13.4. The van der Waals surface area contributed by atoms with Gasteiger partial charge in [0.05, 0.1) is 16.2 Å². The van der Waals surface area contributed by atoms with Gasteiger partial charge in [0.15, 0.2) is 0 Å². The molecule has 3 atom stereocenters. The van der Waals surface area contributed by atoms with Crippen molar-refractivity contribution in [3.05, 3.63) is 78.4 Å². The number of thiazole rings is 1. The van der Waals surface area contributed by atoms with Crippen molar-refractivity contribution in [2.24, 2.45) is 5.92 Å². The number of nitrogens with one attached hydrogen (secondary N) is 1. The number of esters is 1. The van der Waals surface area contributed by atoms with Crippen molar-refractivity contribution in [3.8, 4) is 5.75 Å². The molecule has 3 aromatic rings. The molecule has 2 aromatic carbocycles. The fraction of sp³-hybridized carbons (Fsp3) is 0.158. The fourth-order valence-electron chi connectivity index (χ4n) is 3.71. The van der Waals surface area contributed by atoms with Crippen LogP contribution in [0.1, 0.15) is 27.2 Å². The van der Waals surface area contributed by atoms with Crippen LogP contribution in [0.15, 0.2) is 56.8 Å². The molecule has 27 heavy (non-hydrogen) atoms. The molecular weight excluding hydrogens is 453 g/mol. The van der Waals surface area contributed by atoms with Gasteiger partial charge in [0, 0.05) is 20.8 Å². The third kappa shape index (κ3) is 2.78. The van der Waals surface area contributed by atoms with Crippen LogP contribution in [-0.4, -0.2) is 11.0 Å². The lowest BCUT2D eigenvalue weighted by Crippen LogP contribution is -2.37. The van der Waals surface area contributed by atoms with Crippen molar-refractivity contribution < 1.29 is 13.9 Å². The minimum absolute atomic E-state index is 0.151. The van der Waals surface area contributed by atoms with Crippen molar-refractivity contribution in [3.63, 3.8) is 0 Å². The van der Waals surface area contributed by atoms with Gasteiger partial charge in [0.25, 0.3) is 0 Å². The molecule has 0 radical (unpaired) electrons. The highest BCUT2D eigenvalue weighted by Gasteiger charge is 2.49. The first kappa shape index (κ1) is 17.2. The lowest BCUT2D eigenvalue weighted by atomic mass is 9.78. The van der Waals surface area contributed by atoms with E-state index in [1.165, 1.54) is 23.9 Å². The van der Waals surface area contributed by atoms with E-state index in [2.05, 4.69) is 20.9 Å². The van der Waals surface area contributed by atoms with E-state index in [1.807, 2.05) is 12.1 Å². The Balaban J connectivity index is 1.74. The summed E-state index contributed by atoms with van der Waals surface area (Å²) >= 11 is 6.04. The highest BCUT2D eigenvalue weighted by atomic mass is 79.9. The number of carbonyl (C=O) groups excluding carboxylic acids is 1. The molecule has 0 saturated heterocycles. The molecule has 0 fully saturated rings. The Morgan fingerprint density at radius 1 is 1.11 bits per heavy atom. The molecule has 0 unspecified atom stereocenters. The van der Waals surface area contributed by atoms with Gasteiger partial charge >= 0.3 is 10.8 Å². The second kappa shape index (κ2) is 6.32. The molecule has 0 spiro atoms. The highest BCUT2D eigenvalue weighted by Crippen LogP contribution is 2.58. The zero-order chi connectivity index (χ0) is 18.7. The van der Waals surface area contributed by atoms with Gasteiger partial charge in [-0.05, 0) is 35.9 Å². The number of thioether (sulfide) groups is 1. The van der Waals surface area contributed by atoms with Crippen LogP contribution in [0.2, 0.25) is 0 Å². The number of halogens is 2. The monoisotopic (exact) mass is 463 g/mol. The van der Waals surface area contributed by atoms with Gasteiger partial charge in [-0.2, -0.15) is 0 Å². The number of hydrogen-bond acceptors (Lipinski definition) is 5. The topological polar surface area (TPSA) is 59.2 Å². The van der Waals surface area contributed by atoms with Gasteiger partial charge in [-0.25, -0.2) is 4.39 Å². The lowest BCUT2D eigenvalue weighted by molar-refractivity contribution is -0.140. The first-order valence-electron chi connectivity index (χ1n) is 8.17. The van der Waals surface area contributed by atoms with E-state index in [0.29, 0.717) is 5.75 Å². The Kier molecular flexibility index (Phi) is 4.03. The number of aromatic amines is 1. The van der Waals surface area contributed by atoms with Crippen LogP contribution in [0.5, 0.6) is 5.75 Å². The summed E-state index contributed by atoms with van der Waals surface area (Å²) in [5.74, 6) is -0.930. The molecule has 0 bridgehead atoms. The Labute approximate surface area is 169 Å². The fourth-order valence-corrected chi connectivity index (χ4v) is 6.68. The standard InChI is InChI=1S/C19H11BrFNO3S2/c20-9-3-6-12-11(7-9)13-14(18(23)25-12)15(8-1-4-10(21)5-2-8)26-17-16(13)27-19(24)22-17/h1-7,13-15H,(H,22,24)/t13-,14-,15-/m1/s1. The van der Waals surface area contributed by atoms with Gasteiger partial charge in [-0.1, -0.05) is 51.2 Å². The first-order valence-corrected chi connectivity index (χ1v) is 10.7. The van der Waals surface area contributed by atoms with Crippen molar-refractivity contribution in [2.75, 3.05) is 0 Å². The van der Waals surface area contributed by atoms with E-state index in [-0.39, 0.29) is 27.8 Å². The molecule has 0 amide bonds. The number of fused-ring (bicyclic) bond motifs is 5. The van der Waals surface area contributed by atoms with Crippen molar-refractivity contribution in [1.82, 2.24) is 4.98 Å². The predicted molar refractivity (Wildman–Crippen MR) is 105 cm³/mol. The van der Waals surface area contributed by atoms with Gasteiger partial charge in [-0.15, -0.1) is 0 Å². The Bertz CT molecular complexity index is 1120. The largest absolute Gasteiger partial charge is 0.426 e. The zero-order valence-corrected chi connectivity index (χ0v) is 16.8. The molecule has 2 aliphatic heterocycles. The molecule has 1 aromatic heterocycles. The maximum absolute atomic E-state index is 13.4. The quantitative estimate of drug-likeness (QED) is 0.413. The van der Waals surface area contributed by atoms with Crippen LogP contribution in [-0.2, 0) is 4.79 Å². The summed E-state index contributed by atoms with van der Waals surface area (Å²) in [5, 5.41) is 0.481. The van der Waals surface area contributed by atoms with Crippen molar-refractivity contribution in [2.45, 2.75) is 16.2 Å². The summed E-state index contributed by atoms with van der Waals surface area (Å²) in [7, 11) is 0. The molecule has 3 heterocycles. The number of aromatic nitrogens is 1. The van der Waals surface area contributed by atoms with Crippen LogP contribution >= 0.6 is 39.0 Å².